The molecule has 0 bridgehead atoms. The lowest BCUT2D eigenvalue weighted by atomic mass is 9.95. The van der Waals surface area contributed by atoms with Gasteiger partial charge in [0.2, 0.25) is 10.0 Å². The summed E-state index contributed by atoms with van der Waals surface area (Å²) < 4.78 is 28.4. The molecule has 5 heteroatoms. The highest BCUT2D eigenvalue weighted by atomic mass is 32.2. The van der Waals surface area contributed by atoms with Crippen LogP contribution in [0.3, 0.4) is 0 Å². The van der Waals surface area contributed by atoms with Gasteiger partial charge in [0, 0.05) is 0 Å². The van der Waals surface area contributed by atoms with Crippen molar-refractivity contribution in [1.82, 2.24) is 4.72 Å². The van der Waals surface area contributed by atoms with Crippen molar-refractivity contribution in [3.8, 4) is 0 Å². The van der Waals surface area contributed by atoms with E-state index in [1.54, 1.807) is 0 Å². The largest absolute Gasteiger partial charge is 0.322 e. The summed E-state index contributed by atoms with van der Waals surface area (Å²) in [5.41, 5.74) is 8.27. The van der Waals surface area contributed by atoms with Crippen LogP contribution in [0.15, 0.2) is 60.7 Å². The van der Waals surface area contributed by atoms with Crippen molar-refractivity contribution in [2.45, 2.75) is 44.2 Å². The fourth-order valence-corrected chi connectivity index (χ4v) is 5.18. The first kappa shape index (κ1) is 19.1. The second kappa shape index (κ2) is 8.80. The maximum atomic E-state index is 12.7. The van der Waals surface area contributed by atoms with Crippen molar-refractivity contribution in [3.05, 3.63) is 71.8 Å². The first-order valence-corrected chi connectivity index (χ1v) is 11.1. The van der Waals surface area contributed by atoms with E-state index in [1.807, 2.05) is 60.7 Å². The fraction of sp³-hybridized carbons (Fsp3) is 0.429. The van der Waals surface area contributed by atoms with E-state index in [2.05, 4.69) is 4.72 Å². The Morgan fingerprint density at radius 2 is 1.46 bits per heavy atom. The highest BCUT2D eigenvalue weighted by Gasteiger charge is 2.27. The van der Waals surface area contributed by atoms with Gasteiger partial charge in [-0.25, -0.2) is 13.1 Å². The van der Waals surface area contributed by atoms with Crippen LogP contribution in [-0.4, -0.2) is 14.2 Å². The summed E-state index contributed by atoms with van der Waals surface area (Å²) in [6, 6.07) is 18.3. The normalized spacial score (nSPS) is 17.9. The predicted octanol–water partition coefficient (Wildman–Crippen LogP) is 3.93. The molecule has 0 amide bonds. The lowest BCUT2D eigenvalue weighted by Gasteiger charge is -2.26. The molecule has 0 heterocycles. The highest BCUT2D eigenvalue weighted by Crippen LogP contribution is 2.30. The van der Waals surface area contributed by atoms with E-state index in [0.717, 1.165) is 30.4 Å². The highest BCUT2D eigenvalue weighted by molar-refractivity contribution is 7.89. The molecule has 0 saturated heterocycles. The van der Waals surface area contributed by atoms with Crippen molar-refractivity contribution >= 4 is 10.0 Å². The molecule has 1 aliphatic carbocycles. The zero-order valence-corrected chi connectivity index (χ0v) is 15.9. The van der Waals surface area contributed by atoms with E-state index < -0.39 is 22.1 Å². The Labute approximate surface area is 156 Å². The minimum Gasteiger partial charge on any atom is -0.322 e. The standard InChI is InChI=1S/C21H28N2O2S/c22-20(18-11-3-1-4-12-18)21(19-13-5-2-6-14-19)23-26(24,25)16-15-17-9-7-8-10-17/h1-6,11-14,17,20-21,23H,7-10,15-16,22H2. The second-order valence-corrected chi connectivity index (χ2v) is 9.07. The van der Waals surface area contributed by atoms with Crippen molar-refractivity contribution in [2.24, 2.45) is 11.7 Å². The molecule has 2 aromatic carbocycles. The molecule has 26 heavy (non-hydrogen) atoms. The van der Waals surface area contributed by atoms with Crippen molar-refractivity contribution in [3.63, 3.8) is 0 Å². The van der Waals surface area contributed by atoms with E-state index in [9.17, 15) is 8.42 Å². The van der Waals surface area contributed by atoms with Crippen LogP contribution < -0.4 is 10.5 Å². The maximum absolute atomic E-state index is 12.7. The van der Waals surface area contributed by atoms with Gasteiger partial charge in [0.25, 0.3) is 0 Å². The van der Waals surface area contributed by atoms with Gasteiger partial charge in [-0.3, -0.25) is 0 Å². The third-order valence-electron chi connectivity index (χ3n) is 5.28. The van der Waals surface area contributed by atoms with Crippen LogP contribution in [0.1, 0.15) is 55.3 Å². The lowest BCUT2D eigenvalue weighted by molar-refractivity contribution is 0.489. The Hall–Kier alpha value is -1.69. The van der Waals surface area contributed by atoms with Crippen LogP contribution in [0.2, 0.25) is 0 Å². The van der Waals surface area contributed by atoms with E-state index >= 15 is 0 Å². The van der Waals surface area contributed by atoms with E-state index in [4.69, 9.17) is 5.73 Å². The Morgan fingerprint density at radius 1 is 0.923 bits per heavy atom. The number of hydrogen-bond acceptors (Lipinski definition) is 3. The van der Waals surface area contributed by atoms with Gasteiger partial charge in [-0.1, -0.05) is 86.3 Å². The molecule has 2 atom stereocenters. The number of benzene rings is 2. The van der Waals surface area contributed by atoms with Gasteiger partial charge in [0.1, 0.15) is 0 Å². The second-order valence-electron chi connectivity index (χ2n) is 7.20. The number of rotatable bonds is 8. The minimum absolute atomic E-state index is 0.169. The molecule has 0 spiro atoms. The molecule has 2 unspecified atom stereocenters. The molecule has 1 saturated carbocycles. The van der Waals surface area contributed by atoms with Crippen LogP contribution in [0.25, 0.3) is 0 Å². The van der Waals surface area contributed by atoms with Gasteiger partial charge >= 0.3 is 0 Å². The average molecular weight is 373 g/mol. The summed E-state index contributed by atoms with van der Waals surface area (Å²) >= 11 is 0. The zero-order valence-electron chi connectivity index (χ0n) is 15.1. The average Bonchev–Trinajstić information content (AvgIpc) is 3.19. The van der Waals surface area contributed by atoms with Crippen molar-refractivity contribution in [2.75, 3.05) is 5.75 Å². The lowest BCUT2D eigenvalue weighted by Crippen LogP contribution is -2.37. The monoisotopic (exact) mass is 372 g/mol. The Bertz CT molecular complexity index is 772. The summed E-state index contributed by atoms with van der Waals surface area (Å²) in [7, 11) is -3.40. The minimum atomic E-state index is -3.40. The molecule has 3 rings (SSSR count). The molecule has 1 aliphatic rings. The van der Waals surface area contributed by atoms with E-state index in [0.29, 0.717) is 5.92 Å². The summed E-state index contributed by atoms with van der Waals surface area (Å²) in [6.07, 6.45) is 5.49. The van der Waals surface area contributed by atoms with Crippen molar-refractivity contribution < 1.29 is 8.42 Å². The topological polar surface area (TPSA) is 72.2 Å². The quantitative estimate of drug-likeness (QED) is 0.737. The molecule has 0 aromatic heterocycles. The first-order chi connectivity index (χ1) is 12.6. The number of nitrogens with one attached hydrogen (secondary N) is 1. The van der Waals surface area contributed by atoms with Gasteiger partial charge in [0.15, 0.2) is 0 Å². The van der Waals surface area contributed by atoms with E-state index in [1.165, 1.54) is 12.8 Å². The van der Waals surface area contributed by atoms with E-state index in [-0.39, 0.29) is 5.75 Å². The molecule has 0 radical (unpaired) electrons. The summed E-state index contributed by atoms with van der Waals surface area (Å²) in [5, 5.41) is 0. The third-order valence-corrected chi connectivity index (χ3v) is 6.66. The molecule has 2 aromatic rings. The zero-order chi connectivity index (χ0) is 18.4. The molecule has 3 N–H and O–H groups in total. The Morgan fingerprint density at radius 3 is 2.04 bits per heavy atom. The molecule has 4 nitrogen and oxygen atoms in total. The van der Waals surface area contributed by atoms with Gasteiger partial charge in [-0.2, -0.15) is 0 Å². The summed E-state index contributed by atoms with van der Waals surface area (Å²) in [4.78, 5) is 0. The molecule has 0 aliphatic heterocycles. The molecule has 140 valence electrons. The van der Waals surface area contributed by atoms with Gasteiger partial charge in [0.05, 0.1) is 17.8 Å². The number of hydrogen-bond donors (Lipinski definition) is 2. The molecule has 1 fully saturated rings. The SMILES string of the molecule is NC(c1ccccc1)C(NS(=O)(=O)CCC1CCCC1)c1ccccc1. The van der Waals surface area contributed by atoms with Gasteiger partial charge in [-0.05, 0) is 23.5 Å². The van der Waals surface area contributed by atoms with Gasteiger partial charge in [-0.15, -0.1) is 0 Å². The maximum Gasteiger partial charge on any atom is 0.212 e. The van der Waals surface area contributed by atoms with Crippen LogP contribution in [0, 0.1) is 5.92 Å². The smallest absolute Gasteiger partial charge is 0.212 e. The third kappa shape index (κ3) is 5.16. The Balaban J connectivity index is 1.77. The number of nitrogens with two attached hydrogens (primary N) is 1. The van der Waals surface area contributed by atoms with Crippen molar-refractivity contribution in [1.29, 1.82) is 0 Å². The van der Waals surface area contributed by atoms with Crippen LogP contribution in [0.4, 0.5) is 0 Å². The van der Waals surface area contributed by atoms with Crippen LogP contribution in [0.5, 0.6) is 0 Å². The fourth-order valence-electron chi connectivity index (χ4n) is 3.75. The summed E-state index contributed by atoms with van der Waals surface area (Å²) in [6.45, 7) is 0. The predicted molar refractivity (Wildman–Crippen MR) is 106 cm³/mol. The molecular weight excluding hydrogens is 344 g/mol. The number of sulfonamides is 1. The Kier molecular flexibility index (Phi) is 6.46. The van der Waals surface area contributed by atoms with Crippen LogP contribution in [-0.2, 0) is 10.0 Å². The summed E-state index contributed by atoms with van der Waals surface area (Å²) in [5.74, 6) is 0.715. The van der Waals surface area contributed by atoms with Gasteiger partial charge < -0.3 is 5.73 Å². The molecular formula is C21H28N2O2S. The first-order valence-electron chi connectivity index (χ1n) is 9.40. The van der Waals surface area contributed by atoms with Crippen LogP contribution >= 0.6 is 0 Å².